The number of nitrogens with two attached hydrogens (primary N) is 1. The van der Waals surface area contributed by atoms with Gasteiger partial charge in [-0.05, 0) is 36.8 Å². The molecule has 1 aliphatic heterocycles. The third kappa shape index (κ3) is 3.35. The maximum atomic E-state index is 11.4. The molecule has 1 amide bonds. The topological polar surface area (TPSA) is 67.2 Å². The third-order valence-corrected chi connectivity index (χ3v) is 4.13. The molecule has 1 unspecified atom stereocenters. The van der Waals surface area contributed by atoms with Gasteiger partial charge in [0.2, 0.25) is 5.91 Å². The summed E-state index contributed by atoms with van der Waals surface area (Å²) in [6.07, 6.45) is 4.51. The van der Waals surface area contributed by atoms with E-state index in [-0.39, 0.29) is 5.91 Å². The summed E-state index contributed by atoms with van der Waals surface area (Å²) in [6.45, 7) is 2.17. The molecule has 19 heavy (non-hydrogen) atoms. The quantitative estimate of drug-likeness (QED) is 0.725. The number of thioether (sulfide) groups is 1. The smallest absolute Gasteiger partial charge is 0.224 e. The molecule has 0 aliphatic carbocycles. The zero-order chi connectivity index (χ0) is 13.8. The van der Waals surface area contributed by atoms with Crippen molar-refractivity contribution in [3.63, 3.8) is 0 Å². The molecule has 1 aromatic carbocycles. The Labute approximate surface area is 118 Å². The number of amides is 1. The molecule has 1 aliphatic rings. The van der Waals surface area contributed by atoms with Gasteiger partial charge in [0.15, 0.2) is 0 Å². The molecule has 0 saturated heterocycles. The van der Waals surface area contributed by atoms with E-state index in [4.69, 9.17) is 5.73 Å². The first-order valence-electron chi connectivity index (χ1n) is 6.61. The van der Waals surface area contributed by atoms with Crippen molar-refractivity contribution in [3.8, 4) is 0 Å². The number of aryl methyl sites for hydroxylation is 1. The highest BCUT2D eigenvalue weighted by molar-refractivity contribution is 7.98. The fraction of sp³-hybridized carbons (Fsp3) is 0.500. The summed E-state index contributed by atoms with van der Waals surface area (Å²) in [5.74, 6) is 1.13. The summed E-state index contributed by atoms with van der Waals surface area (Å²) < 4.78 is 0. The number of fused-ring (bicyclic) bond motifs is 1. The van der Waals surface area contributed by atoms with Crippen molar-refractivity contribution in [2.45, 2.75) is 32.2 Å². The van der Waals surface area contributed by atoms with Crippen LogP contribution in [0.4, 0.5) is 17.1 Å². The minimum atomic E-state index is 0.0708. The Balaban J connectivity index is 2.20. The molecule has 0 saturated carbocycles. The Morgan fingerprint density at radius 2 is 2.26 bits per heavy atom. The van der Waals surface area contributed by atoms with Crippen molar-refractivity contribution in [2.24, 2.45) is 0 Å². The molecule has 0 bridgehead atoms. The van der Waals surface area contributed by atoms with E-state index in [1.807, 2.05) is 17.8 Å². The molecular weight excluding hydrogens is 258 g/mol. The van der Waals surface area contributed by atoms with E-state index in [1.54, 1.807) is 0 Å². The maximum Gasteiger partial charge on any atom is 0.224 e. The summed E-state index contributed by atoms with van der Waals surface area (Å²) >= 11 is 1.83. The van der Waals surface area contributed by atoms with Crippen LogP contribution >= 0.6 is 11.8 Å². The highest BCUT2D eigenvalue weighted by Gasteiger charge is 2.17. The van der Waals surface area contributed by atoms with Crippen LogP contribution in [-0.4, -0.2) is 24.0 Å². The van der Waals surface area contributed by atoms with E-state index < -0.39 is 0 Å². The van der Waals surface area contributed by atoms with Gasteiger partial charge >= 0.3 is 0 Å². The SMILES string of the molecule is CCC(CSC)Nc1cc2c(cc1N)NC(=O)CC2. The van der Waals surface area contributed by atoms with Crippen LogP contribution < -0.4 is 16.4 Å². The Morgan fingerprint density at radius 1 is 1.47 bits per heavy atom. The standard InChI is InChI=1S/C14H21N3OS/c1-3-10(8-19-2)16-13-6-9-4-5-14(18)17-12(9)7-11(13)15/h6-7,10,16H,3-5,8,15H2,1-2H3,(H,17,18). The predicted molar refractivity (Wildman–Crippen MR) is 83.9 cm³/mol. The van der Waals surface area contributed by atoms with Crippen LogP contribution in [0.5, 0.6) is 0 Å². The summed E-state index contributed by atoms with van der Waals surface area (Å²) in [4.78, 5) is 11.4. The van der Waals surface area contributed by atoms with Gasteiger partial charge in [-0.1, -0.05) is 6.92 Å². The minimum Gasteiger partial charge on any atom is -0.397 e. The molecule has 0 spiro atoms. The molecule has 4 nitrogen and oxygen atoms in total. The second-order valence-electron chi connectivity index (χ2n) is 4.85. The fourth-order valence-electron chi connectivity index (χ4n) is 2.25. The van der Waals surface area contributed by atoms with Crippen LogP contribution in [0.25, 0.3) is 0 Å². The van der Waals surface area contributed by atoms with Gasteiger partial charge in [0.1, 0.15) is 0 Å². The number of hydrogen-bond acceptors (Lipinski definition) is 4. The first-order valence-corrected chi connectivity index (χ1v) is 8.01. The molecule has 0 aromatic heterocycles. The van der Waals surface area contributed by atoms with Crippen molar-refractivity contribution in [3.05, 3.63) is 17.7 Å². The molecule has 5 heteroatoms. The summed E-state index contributed by atoms with van der Waals surface area (Å²) in [6, 6.07) is 4.36. The normalized spacial score (nSPS) is 15.6. The van der Waals surface area contributed by atoms with E-state index >= 15 is 0 Å². The zero-order valence-corrected chi connectivity index (χ0v) is 12.3. The molecule has 104 valence electrons. The second kappa shape index (κ2) is 6.19. The Bertz CT molecular complexity index is 476. The van der Waals surface area contributed by atoms with Crippen molar-refractivity contribution in [2.75, 3.05) is 28.4 Å². The molecule has 4 N–H and O–H groups in total. The van der Waals surface area contributed by atoms with E-state index in [1.165, 1.54) is 0 Å². The Hall–Kier alpha value is -1.36. The average molecular weight is 279 g/mol. The first kappa shape index (κ1) is 14.1. The lowest BCUT2D eigenvalue weighted by atomic mass is 10.0. The van der Waals surface area contributed by atoms with Crippen LogP contribution in [0.2, 0.25) is 0 Å². The maximum absolute atomic E-state index is 11.4. The lowest BCUT2D eigenvalue weighted by Crippen LogP contribution is -2.23. The molecular formula is C14H21N3OS. The van der Waals surface area contributed by atoms with Crippen molar-refractivity contribution >= 4 is 34.7 Å². The molecule has 0 fully saturated rings. The van der Waals surface area contributed by atoms with Crippen LogP contribution in [0.3, 0.4) is 0 Å². The molecule has 1 heterocycles. The molecule has 2 rings (SSSR count). The van der Waals surface area contributed by atoms with Gasteiger partial charge < -0.3 is 16.4 Å². The van der Waals surface area contributed by atoms with Crippen LogP contribution in [0, 0.1) is 0 Å². The van der Waals surface area contributed by atoms with Gasteiger partial charge in [0, 0.05) is 23.9 Å². The number of benzene rings is 1. The lowest BCUT2D eigenvalue weighted by Gasteiger charge is -2.23. The number of carbonyl (C=O) groups excluding carboxylic acids is 1. The number of rotatable bonds is 5. The van der Waals surface area contributed by atoms with Crippen molar-refractivity contribution < 1.29 is 4.79 Å². The zero-order valence-electron chi connectivity index (χ0n) is 11.5. The van der Waals surface area contributed by atoms with Gasteiger partial charge in [0.05, 0.1) is 11.4 Å². The number of nitrogen functional groups attached to an aromatic ring is 1. The molecule has 0 radical (unpaired) electrons. The number of carbonyl (C=O) groups is 1. The van der Waals surface area contributed by atoms with Gasteiger partial charge in [-0.25, -0.2) is 0 Å². The van der Waals surface area contributed by atoms with Crippen molar-refractivity contribution in [1.29, 1.82) is 0 Å². The van der Waals surface area contributed by atoms with Crippen LogP contribution in [0.15, 0.2) is 12.1 Å². The monoisotopic (exact) mass is 279 g/mol. The lowest BCUT2D eigenvalue weighted by molar-refractivity contribution is -0.116. The number of nitrogens with one attached hydrogen (secondary N) is 2. The van der Waals surface area contributed by atoms with Crippen LogP contribution in [0.1, 0.15) is 25.3 Å². The first-order chi connectivity index (χ1) is 9.13. The summed E-state index contributed by atoms with van der Waals surface area (Å²) in [5.41, 5.74) is 9.77. The number of hydrogen-bond donors (Lipinski definition) is 3. The van der Waals surface area contributed by atoms with E-state index in [9.17, 15) is 4.79 Å². The predicted octanol–water partition coefficient (Wildman–Crippen LogP) is 2.71. The highest BCUT2D eigenvalue weighted by Crippen LogP contribution is 2.31. The van der Waals surface area contributed by atoms with Gasteiger partial charge in [-0.3, -0.25) is 4.79 Å². The van der Waals surface area contributed by atoms with Gasteiger partial charge in [-0.15, -0.1) is 0 Å². The largest absolute Gasteiger partial charge is 0.397 e. The number of anilines is 3. The highest BCUT2D eigenvalue weighted by atomic mass is 32.2. The van der Waals surface area contributed by atoms with E-state index in [2.05, 4.69) is 29.9 Å². The second-order valence-corrected chi connectivity index (χ2v) is 5.76. The van der Waals surface area contributed by atoms with Crippen molar-refractivity contribution in [1.82, 2.24) is 0 Å². The minimum absolute atomic E-state index is 0.0708. The third-order valence-electron chi connectivity index (χ3n) is 3.39. The van der Waals surface area contributed by atoms with E-state index in [0.717, 1.165) is 35.5 Å². The summed E-state index contributed by atoms with van der Waals surface area (Å²) in [5, 5.41) is 6.37. The Morgan fingerprint density at radius 3 is 2.95 bits per heavy atom. The van der Waals surface area contributed by atoms with Crippen LogP contribution in [-0.2, 0) is 11.2 Å². The Kier molecular flexibility index (Phi) is 4.58. The average Bonchev–Trinajstić information content (AvgIpc) is 2.39. The van der Waals surface area contributed by atoms with Gasteiger partial charge in [-0.2, -0.15) is 11.8 Å². The fourth-order valence-corrected chi connectivity index (χ4v) is 2.97. The van der Waals surface area contributed by atoms with Gasteiger partial charge in [0.25, 0.3) is 0 Å². The molecule has 1 aromatic rings. The van der Waals surface area contributed by atoms with E-state index in [0.29, 0.717) is 18.2 Å². The molecule has 1 atom stereocenters. The summed E-state index contributed by atoms with van der Waals surface area (Å²) in [7, 11) is 0.